The fourth-order valence-electron chi connectivity index (χ4n) is 5.25. The second-order valence-corrected chi connectivity index (χ2v) is 17.6. The van der Waals surface area contributed by atoms with Crippen LogP contribution in [0.2, 0.25) is 18.1 Å². The van der Waals surface area contributed by atoms with E-state index in [1.54, 1.807) is 4.68 Å². The van der Waals surface area contributed by atoms with E-state index in [4.69, 9.17) is 14.3 Å². The summed E-state index contributed by atoms with van der Waals surface area (Å²) in [5.41, 5.74) is 0.422. The molecule has 5 rings (SSSR count). The molecule has 2 aliphatic heterocycles. The Labute approximate surface area is 254 Å². The van der Waals surface area contributed by atoms with Gasteiger partial charge in [-0.25, -0.2) is 9.07 Å². The molecule has 2 N–H and O–H groups in total. The molecule has 236 valence electrons. The first-order valence-corrected chi connectivity index (χ1v) is 17.3. The zero-order chi connectivity index (χ0) is 32.0. The molecule has 1 saturated heterocycles. The lowest BCUT2D eigenvalue weighted by Crippen LogP contribution is -2.51. The molecule has 13 heteroatoms. The first kappa shape index (κ1) is 31.9. The van der Waals surface area contributed by atoms with Crippen molar-refractivity contribution in [3.05, 3.63) is 82.3 Å². The van der Waals surface area contributed by atoms with Gasteiger partial charge in [0.15, 0.2) is 8.32 Å². The topological polar surface area (TPSA) is 94.5 Å². The molecule has 2 aromatic carbocycles. The number of nitrogens with one attached hydrogen (secondary N) is 2. The van der Waals surface area contributed by atoms with Crippen LogP contribution in [-0.2, 0) is 26.7 Å². The van der Waals surface area contributed by atoms with Crippen LogP contribution in [0.5, 0.6) is 0 Å². The Hall–Kier alpha value is -3.55. The molecule has 0 spiro atoms. The number of fused-ring (bicyclic) bond motifs is 1. The minimum absolute atomic E-state index is 0.0963. The third-order valence-corrected chi connectivity index (χ3v) is 13.3. The second kappa shape index (κ2) is 11.7. The Bertz CT molecular complexity index is 1540. The average molecular weight is 633 g/mol. The van der Waals surface area contributed by atoms with Crippen LogP contribution in [0.3, 0.4) is 0 Å². The van der Waals surface area contributed by atoms with Gasteiger partial charge >= 0.3 is 6.18 Å². The van der Waals surface area contributed by atoms with Crippen molar-refractivity contribution >= 4 is 25.9 Å². The van der Waals surface area contributed by atoms with E-state index in [0.717, 1.165) is 18.2 Å². The van der Waals surface area contributed by atoms with Gasteiger partial charge in [0.25, 0.3) is 5.91 Å². The zero-order valence-electron chi connectivity index (χ0n) is 25.2. The second-order valence-electron chi connectivity index (χ2n) is 12.8. The summed E-state index contributed by atoms with van der Waals surface area (Å²) in [6.07, 6.45) is -3.98. The summed E-state index contributed by atoms with van der Waals surface area (Å²) in [6, 6.07) is 8.16. The molecule has 3 atom stereocenters. The Morgan fingerprint density at radius 1 is 1.16 bits per heavy atom. The van der Waals surface area contributed by atoms with Gasteiger partial charge in [0, 0.05) is 23.7 Å². The van der Waals surface area contributed by atoms with Gasteiger partial charge in [0.05, 0.1) is 30.5 Å². The van der Waals surface area contributed by atoms with Gasteiger partial charge in [-0.1, -0.05) is 39.0 Å². The smallest absolute Gasteiger partial charge is 0.411 e. The molecule has 44 heavy (non-hydrogen) atoms. The summed E-state index contributed by atoms with van der Waals surface area (Å²) >= 11 is 0. The molecule has 0 bridgehead atoms. The highest BCUT2D eigenvalue weighted by Crippen LogP contribution is 2.43. The van der Waals surface area contributed by atoms with Crippen LogP contribution in [0.1, 0.15) is 71.9 Å². The zero-order valence-corrected chi connectivity index (χ0v) is 26.2. The number of rotatable bonds is 7. The van der Waals surface area contributed by atoms with Crippen molar-refractivity contribution in [3.63, 3.8) is 0 Å². The van der Waals surface area contributed by atoms with E-state index in [9.17, 15) is 27.2 Å². The van der Waals surface area contributed by atoms with Crippen molar-refractivity contribution in [1.29, 1.82) is 0 Å². The molecule has 0 unspecified atom stereocenters. The van der Waals surface area contributed by atoms with Gasteiger partial charge in [-0.05, 0) is 60.4 Å². The number of anilines is 1. The van der Waals surface area contributed by atoms with Crippen LogP contribution < -0.4 is 10.6 Å². The van der Waals surface area contributed by atoms with Crippen LogP contribution >= 0.6 is 0 Å². The van der Waals surface area contributed by atoms with Crippen molar-refractivity contribution in [2.24, 2.45) is 0 Å². The highest BCUT2D eigenvalue weighted by atomic mass is 28.4. The van der Waals surface area contributed by atoms with E-state index in [-0.39, 0.29) is 23.3 Å². The predicted octanol–water partition coefficient (Wildman–Crippen LogP) is 6.41. The summed E-state index contributed by atoms with van der Waals surface area (Å²) < 4.78 is 68.1. The fourth-order valence-corrected chi connectivity index (χ4v) is 6.18. The monoisotopic (exact) mass is 632 g/mol. The van der Waals surface area contributed by atoms with Gasteiger partial charge in [-0.3, -0.25) is 9.59 Å². The Morgan fingerprint density at radius 3 is 2.48 bits per heavy atom. The maximum atomic E-state index is 14.1. The molecule has 0 aliphatic carbocycles. The van der Waals surface area contributed by atoms with Crippen molar-refractivity contribution in [3.8, 4) is 0 Å². The van der Waals surface area contributed by atoms with E-state index < -0.39 is 49.6 Å². The minimum atomic E-state index is -4.65. The Morgan fingerprint density at radius 2 is 1.86 bits per heavy atom. The fraction of sp³-hybridized carbons (Fsp3) is 0.452. The van der Waals surface area contributed by atoms with E-state index in [2.05, 4.69) is 44.5 Å². The number of alkyl halides is 3. The quantitative estimate of drug-likeness (QED) is 0.232. The third kappa shape index (κ3) is 6.31. The van der Waals surface area contributed by atoms with Crippen LogP contribution in [0.15, 0.2) is 48.5 Å². The van der Waals surface area contributed by atoms with Crippen molar-refractivity contribution in [2.75, 3.05) is 18.5 Å². The molecule has 2 aliphatic rings. The van der Waals surface area contributed by atoms with E-state index in [1.165, 1.54) is 30.3 Å². The van der Waals surface area contributed by atoms with Gasteiger partial charge in [0.1, 0.15) is 17.7 Å². The van der Waals surface area contributed by atoms with Gasteiger partial charge in [-0.2, -0.15) is 18.3 Å². The summed E-state index contributed by atoms with van der Waals surface area (Å²) in [6.45, 7) is 11.6. The summed E-state index contributed by atoms with van der Waals surface area (Å²) in [4.78, 5) is 27.1. The van der Waals surface area contributed by atoms with Crippen molar-refractivity contribution < 1.29 is 36.3 Å². The number of hydrogen-bond acceptors (Lipinski definition) is 5. The molecule has 1 aromatic heterocycles. The number of nitrogens with zero attached hydrogens (tertiary/aromatic N) is 2. The van der Waals surface area contributed by atoms with E-state index in [1.807, 2.05) is 0 Å². The number of benzene rings is 2. The summed E-state index contributed by atoms with van der Waals surface area (Å²) in [5.74, 6) is -2.34. The molecular formula is C31H36F4N4O4Si. The molecular weight excluding hydrogens is 596 g/mol. The Kier molecular flexibility index (Phi) is 8.51. The summed E-state index contributed by atoms with van der Waals surface area (Å²) in [5, 5.41) is 10.4. The minimum Gasteiger partial charge on any atom is -0.411 e. The Balaban J connectivity index is 1.60. The number of hydrogen-bond donors (Lipinski definition) is 2. The summed E-state index contributed by atoms with van der Waals surface area (Å²) in [7, 11) is -2.26. The molecule has 2 amide bonds. The number of amides is 2. The molecule has 3 aromatic rings. The molecule has 1 fully saturated rings. The van der Waals surface area contributed by atoms with E-state index >= 15 is 0 Å². The predicted molar refractivity (Wildman–Crippen MR) is 158 cm³/mol. The van der Waals surface area contributed by atoms with Gasteiger partial charge < -0.3 is 19.8 Å². The molecule has 0 radical (unpaired) electrons. The average Bonchev–Trinajstić information content (AvgIpc) is 3.60. The van der Waals surface area contributed by atoms with Crippen LogP contribution in [-0.4, -0.2) is 49.2 Å². The van der Waals surface area contributed by atoms with E-state index in [0.29, 0.717) is 42.3 Å². The maximum Gasteiger partial charge on any atom is 0.416 e. The van der Waals surface area contributed by atoms with Crippen LogP contribution in [0.25, 0.3) is 0 Å². The number of carbonyl (C=O) groups is 2. The largest absolute Gasteiger partial charge is 0.416 e. The van der Waals surface area contributed by atoms with Gasteiger partial charge in [0.2, 0.25) is 5.91 Å². The number of aromatic nitrogens is 2. The highest BCUT2D eigenvalue weighted by Gasteiger charge is 2.45. The third-order valence-electron chi connectivity index (χ3n) is 8.79. The standard InChI is InChI=1S/C31H36F4N4O4Si/c1-30(2,3)44(4,5)43-17-23-25-24(18-9-11-21(32)12-10-18)26(29(41)37-27(25)39(38-23)22-13-14-42-16-22)36-28(40)19-7-6-8-20(15-19)31(33,34)35/h6-12,15,22,24,26H,13-14,16-17H2,1-5H3,(H,36,40)(H,37,41)/t22-,24-,26+/m1/s1. The van der Waals surface area contributed by atoms with Crippen LogP contribution in [0, 0.1) is 5.82 Å². The first-order valence-electron chi connectivity index (χ1n) is 14.4. The SMILES string of the molecule is CC(C)(C)[Si](C)(C)OCc1nn([C@@H]2CCOC2)c2c1[C@@H](c1ccc(F)cc1)[C@H](NC(=O)c1cccc(C(F)(F)F)c1)C(=O)N2. The van der Waals surface area contributed by atoms with Gasteiger partial charge in [-0.15, -0.1) is 0 Å². The lowest BCUT2D eigenvalue weighted by Gasteiger charge is -2.36. The van der Waals surface area contributed by atoms with Crippen LogP contribution in [0.4, 0.5) is 23.4 Å². The lowest BCUT2D eigenvalue weighted by molar-refractivity contribution is -0.137. The highest BCUT2D eigenvalue weighted by molar-refractivity contribution is 6.74. The molecule has 3 heterocycles. The lowest BCUT2D eigenvalue weighted by atomic mass is 9.81. The number of halogens is 4. The number of carbonyl (C=O) groups excluding carboxylic acids is 2. The normalized spacial score (nSPS) is 20.8. The van der Waals surface area contributed by atoms with Crippen molar-refractivity contribution in [1.82, 2.24) is 15.1 Å². The maximum absolute atomic E-state index is 14.1. The number of ether oxygens (including phenoxy) is 1. The molecule has 0 saturated carbocycles. The van der Waals surface area contributed by atoms with Crippen molar-refractivity contribution in [2.45, 2.75) is 76.1 Å². The first-order chi connectivity index (χ1) is 20.6. The molecule has 8 nitrogen and oxygen atoms in total.